The Morgan fingerprint density at radius 3 is 2.65 bits per heavy atom. The molecule has 0 saturated carbocycles. The lowest BCUT2D eigenvalue weighted by Crippen LogP contribution is -2.04. The zero-order valence-electron chi connectivity index (χ0n) is 9.24. The van der Waals surface area contributed by atoms with E-state index in [0.29, 0.717) is 0 Å². The Morgan fingerprint density at radius 2 is 1.82 bits per heavy atom. The Hall–Kier alpha value is -2.09. The number of hydrogen-bond donors (Lipinski definition) is 0. The minimum Gasteiger partial charge on any atom is -0.452 e. The van der Waals surface area contributed by atoms with Crippen LogP contribution in [-0.4, -0.2) is 5.97 Å². The molecule has 1 aliphatic carbocycles. The summed E-state index contributed by atoms with van der Waals surface area (Å²) in [4.78, 5) is 11.8. The Bertz CT molecular complexity index is 523. The van der Waals surface area contributed by atoms with Crippen molar-refractivity contribution in [3.63, 3.8) is 0 Å². The number of esters is 1. The molecule has 1 saturated heterocycles. The molecule has 84 valence electrons. The van der Waals surface area contributed by atoms with E-state index in [1.54, 1.807) is 0 Å². The van der Waals surface area contributed by atoms with Gasteiger partial charge >= 0.3 is 5.97 Å². The maximum Gasteiger partial charge on any atom is 0.318 e. The third-order valence-electron chi connectivity index (χ3n) is 3.07. The summed E-state index contributed by atoms with van der Waals surface area (Å²) in [6.45, 7) is 0. The van der Waals surface area contributed by atoms with Crippen LogP contribution in [0.15, 0.2) is 66.3 Å². The minimum atomic E-state index is -0.235. The first-order valence-electron chi connectivity index (χ1n) is 5.66. The van der Waals surface area contributed by atoms with E-state index in [0.717, 1.165) is 11.1 Å². The van der Waals surface area contributed by atoms with Gasteiger partial charge in [0.1, 0.15) is 12.0 Å². The highest BCUT2D eigenvalue weighted by Gasteiger charge is 2.38. The van der Waals surface area contributed by atoms with Gasteiger partial charge in [0.05, 0.1) is 0 Å². The zero-order valence-corrected chi connectivity index (χ0v) is 9.24. The number of allylic oxidation sites excluding steroid dienone is 4. The summed E-state index contributed by atoms with van der Waals surface area (Å²) in [6.07, 6.45) is 9.40. The molecule has 2 nitrogen and oxygen atoms in total. The van der Waals surface area contributed by atoms with E-state index in [1.165, 1.54) is 0 Å². The van der Waals surface area contributed by atoms with E-state index in [2.05, 4.69) is 0 Å². The van der Waals surface area contributed by atoms with Crippen LogP contribution in [0.1, 0.15) is 11.7 Å². The molecule has 1 aromatic rings. The third-order valence-corrected chi connectivity index (χ3v) is 3.07. The molecule has 1 fully saturated rings. The second-order valence-corrected chi connectivity index (χ2v) is 4.14. The van der Waals surface area contributed by atoms with E-state index >= 15 is 0 Å². The molecule has 2 unspecified atom stereocenters. The Morgan fingerprint density at radius 1 is 1.00 bits per heavy atom. The lowest BCUT2D eigenvalue weighted by Gasteiger charge is -2.11. The summed E-state index contributed by atoms with van der Waals surface area (Å²) in [6, 6.07) is 9.84. The molecule has 1 heterocycles. The van der Waals surface area contributed by atoms with Crippen molar-refractivity contribution in [2.75, 3.05) is 0 Å². The first-order valence-corrected chi connectivity index (χ1v) is 5.66. The van der Waals surface area contributed by atoms with Crippen molar-refractivity contribution in [3.05, 3.63) is 71.8 Å². The third kappa shape index (κ3) is 1.72. The van der Waals surface area contributed by atoms with E-state index < -0.39 is 0 Å². The van der Waals surface area contributed by atoms with Gasteiger partial charge in [-0.3, -0.25) is 4.79 Å². The molecule has 1 aliphatic heterocycles. The Labute approximate surface area is 99.9 Å². The quantitative estimate of drug-likeness (QED) is 0.685. The summed E-state index contributed by atoms with van der Waals surface area (Å²) in [5.41, 5.74) is 2.05. The summed E-state index contributed by atoms with van der Waals surface area (Å²) >= 11 is 0. The predicted molar refractivity (Wildman–Crippen MR) is 65.1 cm³/mol. The van der Waals surface area contributed by atoms with Crippen molar-refractivity contribution >= 4 is 5.97 Å². The van der Waals surface area contributed by atoms with Gasteiger partial charge in [-0.1, -0.05) is 60.7 Å². The molecule has 0 radical (unpaired) electrons. The number of ether oxygens (including phenoxy) is 1. The van der Waals surface area contributed by atoms with Crippen LogP contribution in [0.25, 0.3) is 0 Å². The summed E-state index contributed by atoms with van der Waals surface area (Å²) < 4.78 is 5.46. The number of cyclic esters (lactones) is 1. The molecule has 0 aromatic heterocycles. The maximum absolute atomic E-state index is 11.8. The highest BCUT2D eigenvalue weighted by molar-refractivity contribution is 5.82. The van der Waals surface area contributed by atoms with Crippen LogP contribution in [0.5, 0.6) is 0 Å². The first-order chi connectivity index (χ1) is 8.36. The molecule has 2 atom stereocenters. The highest BCUT2D eigenvalue weighted by atomic mass is 16.6. The van der Waals surface area contributed by atoms with Crippen molar-refractivity contribution in [3.8, 4) is 0 Å². The van der Waals surface area contributed by atoms with E-state index in [9.17, 15) is 4.79 Å². The monoisotopic (exact) mass is 224 g/mol. The standard InChI is InChI=1S/C15H12O2/c16-15-13-10-6-2-5-9-12(13)14(17-15)11-7-3-1-4-8-11/h1-10,13-14H. The molecule has 0 bridgehead atoms. The molecule has 3 rings (SSSR count). The van der Waals surface area contributed by atoms with Crippen molar-refractivity contribution in [2.24, 2.45) is 5.92 Å². The van der Waals surface area contributed by atoms with Gasteiger partial charge in [-0.05, 0) is 11.1 Å². The lowest BCUT2D eigenvalue weighted by molar-refractivity contribution is -0.143. The SMILES string of the molecule is O=C1OC(c2ccccc2)C2=CC=CC=CC12. The van der Waals surface area contributed by atoms with Gasteiger partial charge in [-0.15, -0.1) is 0 Å². The van der Waals surface area contributed by atoms with Crippen molar-refractivity contribution in [1.29, 1.82) is 0 Å². The molecule has 0 amide bonds. The van der Waals surface area contributed by atoms with E-state index in [4.69, 9.17) is 4.74 Å². The molecule has 1 aromatic carbocycles. The Kier molecular flexibility index (Phi) is 2.41. The van der Waals surface area contributed by atoms with Gasteiger partial charge < -0.3 is 4.74 Å². The summed E-state index contributed by atoms with van der Waals surface area (Å²) in [5.74, 6) is -0.389. The van der Waals surface area contributed by atoms with E-state index in [-0.39, 0.29) is 18.0 Å². The van der Waals surface area contributed by atoms with Crippen LogP contribution in [-0.2, 0) is 9.53 Å². The first kappa shape index (κ1) is 10.1. The number of carbonyl (C=O) groups is 1. The second-order valence-electron chi connectivity index (χ2n) is 4.14. The predicted octanol–water partition coefficient (Wildman–Crippen LogP) is 2.95. The molecule has 0 N–H and O–H groups in total. The van der Waals surface area contributed by atoms with E-state index in [1.807, 2.05) is 60.7 Å². The average molecular weight is 224 g/mol. The Balaban J connectivity index is 2.03. The highest BCUT2D eigenvalue weighted by Crippen LogP contribution is 2.40. The van der Waals surface area contributed by atoms with Crippen LogP contribution in [0.4, 0.5) is 0 Å². The largest absolute Gasteiger partial charge is 0.452 e. The normalized spacial score (nSPS) is 26.1. The second kappa shape index (κ2) is 4.06. The van der Waals surface area contributed by atoms with Crippen LogP contribution in [0.2, 0.25) is 0 Å². The molecular formula is C15H12O2. The number of fused-ring (bicyclic) bond motifs is 1. The van der Waals surface area contributed by atoms with Gasteiger partial charge in [0.25, 0.3) is 0 Å². The van der Waals surface area contributed by atoms with Crippen LogP contribution < -0.4 is 0 Å². The number of carbonyl (C=O) groups excluding carboxylic acids is 1. The smallest absolute Gasteiger partial charge is 0.318 e. The van der Waals surface area contributed by atoms with Crippen molar-refractivity contribution in [1.82, 2.24) is 0 Å². The van der Waals surface area contributed by atoms with Gasteiger partial charge in [-0.25, -0.2) is 0 Å². The molecular weight excluding hydrogens is 212 g/mol. The average Bonchev–Trinajstić information content (AvgIpc) is 2.57. The fourth-order valence-corrected chi connectivity index (χ4v) is 2.23. The van der Waals surface area contributed by atoms with Gasteiger partial charge in [0.2, 0.25) is 0 Å². The maximum atomic E-state index is 11.8. The molecule has 2 heteroatoms. The minimum absolute atomic E-state index is 0.162. The lowest BCUT2D eigenvalue weighted by atomic mass is 9.93. The number of hydrogen-bond acceptors (Lipinski definition) is 2. The molecule has 0 spiro atoms. The zero-order chi connectivity index (χ0) is 11.7. The fraction of sp³-hybridized carbons (Fsp3) is 0.133. The number of rotatable bonds is 1. The topological polar surface area (TPSA) is 26.3 Å². The molecule has 17 heavy (non-hydrogen) atoms. The summed E-state index contributed by atoms with van der Waals surface area (Å²) in [7, 11) is 0. The number of benzene rings is 1. The van der Waals surface area contributed by atoms with Gasteiger partial charge in [0, 0.05) is 0 Å². The van der Waals surface area contributed by atoms with Crippen LogP contribution in [0.3, 0.4) is 0 Å². The summed E-state index contributed by atoms with van der Waals surface area (Å²) in [5, 5.41) is 0. The van der Waals surface area contributed by atoms with Crippen LogP contribution in [0, 0.1) is 5.92 Å². The fourth-order valence-electron chi connectivity index (χ4n) is 2.23. The van der Waals surface area contributed by atoms with Crippen LogP contribution >= 0.6 is 0 Å². The van der Waals surface area contributed by atoms with Gasteiger partial charge in [0.15, 0.2) is 0 Å². The van der Waals surface area contributed by atoms with Gasteiger partial charge in [-0.2, -0.15) is 0 Å². The van der Waals surface area contributed by atoms with Crippen molar-refractivity contribution in [2.45, 2.75) is 6.10 Å². The van der Waals surface area contributed by atoms with Crippen molar-refractivity contribution < 1.29 is 9.53 Å². The molecule has 2 aliphatic rings.